The molecule has 0 aromatic carbocycles. The summed E-state index contributed by atoms with van der Waals surface area (Å²) in [6.07, 6.45) is 22.6. The SMILES string of the molecule is CCCC(C)C(=O)O.CCCCCCCCCCCCC1CCC1. The summed E-state index contributed by atoms with van der Waals surface area (Å²) in [5, 5.41) is 8.31. The summed E-state index contributed by atoms with van der Waals surface area (Å²) in [7, 11) is 0. The van der Waals surface area contributed by atoms with E-state index in [-0.39, 0.29) is 5.92 Å². The van der Waals surface area contributed by atoms with Gasteiger partial charge in [0.15, 0.2) is 0 Å². The van der Waals surface area contributed by atoms with Crippen molar-refractivity contribution in [3.05, 3.63) is 0 Å². The van der Waals surface area contributed by atoms with Crippen LogP contribution in [0.15, 0.2) is 0 Å². The normalized spacial score (nSPS) is 15.3. The third-order valence-electron chi connectivity index (χ3n) is 5.33. The molecule has 0 aromatic rings. The first-order valence-corrected chi connectivity index (χ1v) is 10.8. The van der Waals surface area contributed by atoms with Crippen molar-refractivity contribution in [1.82, 2.24) is 0 Å². The molecule has 0 spiro atoms. The highest BCUT2D eigenvalue weighted by Gasteiger charge is 2.15. The van der Waals surface area contributed by atoms with Crippen molar-refractivity contribution in [2.75, 3.05) is 0 Å². The van der Waals surface area contributed by atoms with E-state index in [1.165, 1.54) is 89.9 Å². The fourth-order valence-corrected chi connectivity index (χ4v) is 3.26. The van der Waals surface area contributed by atoms with Crippen molar-refractivity contribution in [3.8, 4) is 0 Å². The van der Waals surface area contributed by atoms with Gasteiger partial charge in [-0.1, -0.05) is 117 Å². The first kappa shape index (κ1) is 23.5. The molecule has 0 saturated heterocycles. The van der Waals surface area contributed by atoms with E-state index >= 15 is 0 Å². The Labute approximate surface area is 151 Å². The van der Waals surface area contributed by atoms with Gasteiger partial charge in [-0.2, -0.15) is 0 Å². The number of hydrogen-bond donors (Lipinski definition) is 1. The second-order valence-corrected chi connectivity index (χ2v) is 7.80. The molecule has 1 rings (SSSR count). The van der Waals surface area contributed by atoms with Crippen LogP contribution in [0, 0.1) is 11.8 Å². The minimum atomic E-state index is -0.688. The maximum absolute atomic E-state index is 10.1. The largest absolute Gasteiger partial charge is 0.481 e. The number of aliphatic carboxylic acids is 1. The summed E-state index contributed by atoms with van der Waals surface area (Å²) in [5.41, 5.74) is 0. The quantitative estimate of drug-likeness (QED) is 0.330. The van der Waals surface area contributed by atoms with Crippen molar-refractivity contribution >= 4 is 5.97 Å². The Kier molecular flexibility index (Phi) is 16.9. The summed E-state index contributed by atoms with van der Waals surface area (Å²) >= 11 is 0. The van der Waals surface area contributed by atoms with Crippen LogP contribution in [0.4, 0.5) is 0 Å². The molecular weight excluding hydrogens is 296 g/mol. The molecule has 144 valence electrons. The molecule has 0 radical (unpaired) electrons. The van der Waals surface area contributed by atoms with Gasteiger partial charge in [0, 0.05) is 0 Å². The summed E-state index contributed by atoms with van der Waals surface area (Å²) in [6, 6.07) is 0. The van der Waals surface area contributed by atoms with Crippen LogP contribution in [-0.4, -0.2) is 11.1 Å². The maximum atomic E-state index is 10.1. The fraction of sp³-hybridized carbons (Fsp3) is 0.955. The van der Waals surface area contributed by atoms with E-state index in [1.54, 1.807) is 6.92 Å². The molecule has 0 amide bonds. The van der Waals surface area contributed by atoms with E-state index in [0.717, 1.165) is 18.8 Å². The average Bonchev–Trinajstić information content (AvgIpc) is 2.51. The molecule has 0 bridgehead atoms. The molecule has 1 atom stereocenters. The van der Waals surface area contributed by atoms with Crippen LogP contribution in [0.2, 0.25) is 0 Å². The van der Waals surface area contributed by atoms with Crippen LogP contribution in [0.25, 0.3) is 0 Å². The third-order valence-corrected chi connectivity index (χ3v) is 5.33. The Balaban J connectivity index is 0.000000561. The summed E-state index contributed by atoms with van der Waals surface area (Å²) in [6.45, 7) is 6.01. The minimum absolute atomic E-state index is 0.167. The number of hydrogen-bond acceptors (Lipinski definition) is 1. The van der Waals surface area contributed by atoms with Crippen LogP contribution < -0.4 is 0 Å². The first-order chi connectivity index (χ1) is 11.6. The predicted octanol–water partition coefficient (Wildman–Crippen LogP) is 7.60. The highest BCUT2D eigenvalue weighted by Crippen LogP contribution is 2.31. The van der Waals surface area contributed by atoms with Crippen LogP contribution in [0.1, 0.15) is 124 Å². The Morgan fingerprint density at radius 3 is 1.71 bits per heavy atom. The zero-order valence-corrected chi connectivity index (χ0v) is 16.8. The molecule has 2 heteroatoms. The number of unbranched alkanes of at least 4 members (excludes halogenated alkanes) is 9. The number of carboxylic acids is 1. The molecule has 1 N–H and O–H groups in total. The minimum Gasteiger partial charge on any atom is -0.481 e. The lowest BCUT2D eigenvalue weighted by atomic mass is 9.81. The van der Waals surface area contributed by atoms with E-state index in [9.17, 15) is 4.79 Å². The molecule has 0 heterocycles. The van der Waals surface area contributed by atoms with E-state index in [4.69, 9.17) is 5.11 Å². The number of rotatable bonds is 14. The van der Waals surface area contributed by atoms with E-state index in [0.29, 0.717) is 0 Å². The van der Waals surface area contributed by atoms with Gasteiger partial charge < -0.3 is 5.11 Å². The van der Waals surface area contributed by atoms with Crippen molar-refractivity contribution in [3.63, 3.8) is 0 Å². The smallest absolute Gasteiger partial charge is 0.306 e. The number of carbonyl (C=O) groups is 1. The number of carboxylic acid groups (broad SMARTS) is 1. The van der Waals surface area contributed by atoms with Gasteiger partial charge in [-0.3, -0.25) is 4.79 Å². The molecule has 2 nitrogen and oxygen atoms in total. The monoisotopic (exact) mass is 340 g/mol. The topological polar surface area (TPSA) is 37.3 Å². The van der Waals surface area contributed by atoms with Gasteiger partial charge in [0.1, 0.15) is 0 Å². The van der Waals surface area contributed by atoms with Gasteiger partial charge in [-0.05, 0) is 12.3 Å². The Morgan fingerprint density at radius 2 is 1.38 bits per heavy atom. The molecule has 1 unspecified atom stereocenters. The standard InChI is InChI=1S/C16H32.C6H12O2/c1-2-3-4-5-6-7-8-9-10-11-13-16-14-12-15-16;1-3-4-5(2)6(7)8/h16H,2-15H2,1H3;5H,3-4H2,1-2H3,(H,7,8). The summed E-state index contributed by atoms with van der Waals surface area (Å²) in [5.74, 6) is 0.279. The van der Waals surface area contributed by atoms with Gasteiger partial charge in [-0.15, -0.1) is 0 Å². The van der Waals surface area contributed by atoms with E-state index in [2.05, 4.69) is 6.92 Å². The molecular formula is C22H44O2. The zero-order chi connectivity index (χ0) is 18.0. The summed E-state index contributed by atoms with van der Waals surface area (Å²) in [4.78, 5) is 10.1. The highest BCUT2D eigenvalue weighted by atomic mass is 16.4. The van der Waals surface area contributed by atoms with Crippen LogP contribution in [0.3, 0.4) is 0 Å². The Bertz CT molecular complexity index is 271. The lowest BCUT2D eigenvalue weighted by molar-refractivity contribution is -0.141. The van der Waals surface area contributed by atoms with Crippen molar-refractivity contribution in [2.45, 2.75) is 124 Å². The molecule has 1 saturated carbocycles. The zero-order valence-electron chi connectivity index (χ0n) is 16.8. The lowest BCUT2D eigenvalue weighted by Crippen LogP contribution is -2.10. The maximum Gasteiger partial charge on any atom is 0.306 e. The second-order valence-electron chi connectivity index (χ2n) is 7.80. The molecule has 1 fully saturated rings. The van der Waals surface area contributed by atoms with Crippen LogP contribution in [-0.2, 0) is 4.79 Å². The van der Waals surface area contributed by atoms with E-state index in [1.807, 2.05) is 6.92 Å². The van der Waals surface area contributed by atoms with Crippen LogP contribution in [0.5, 0.6) is 0 Å². The first-order valence-electron chi connectivity index (χ1n) is 10.8. The van der Waals surface area contributed by atoms with Crippen molar-refractivity contribution in [1.29, 1.82) is 0 Å². The molecule has 1 aliphatic rings. The van der Waals surface area contributed by atoms with Gasteiger partial charge in [0.05, 0.1) is 5.92 Å². The summed E-state index contributed by atoms with van der Waals surface area (Å²) < 4.78 is 0. The third kappa shape index (κ3) is 15.0. The average molecular weight is 341 g/mol. The lowest BCUT2D eigenvalue weighted by Gasteiger charge is -2.24. The van der Waals surface area contributed by atoms with Gasteiger partial charge >= 0.3 is 5.97 Å². The van der Waals surface area contributed by atoms with Gasteiger partial charge in [0.2, 0.25) is 0 Å². The van der Waals surface area contributed by atoms with Crippen molar-refractivity contribution < 1.29 is 9.90 Å². The van der Waals surface area contributed by atoms with Crippen molar-refractivity contribution in [2.24, 2.45) is 11.8 Å². The second kappa shape index (κ2) is 17.3. The van der Waals surface area contributed by atoms with Crippen LogP contribution >= 0.6 is 0 Å². The molecule has 0 aliphatic heterocycles. The predicted molar refractivity (Wildman–Crippen MR) is 106 cm³/mol. The van der Waals surface area contributed by atoms with Gasteiger partial charge in [-0.25, -0.2) is 0 Å². The molecule has 0 aromatic heterocycles. The van der Waals surface area contributed by atoms with Gasteiger partial charge in [0.25, 0.3) is 0 Å². The molecule has 24 heavy (non-hydrogen) atoms. The Morgan fingerprint density at radius 1 is 0.875 bits per heavy atom. The molecule has 1 aliphatic carbocycles. The highest BCUT2D eigenvalue weighted by molar-refractivity contribution is 5.69. The fourth-order valence-electron chi connectivity index (χ4n) is 3.26. The Hall–Kier alpha value is -0.530. The van der Waals surface area contributed by atoms with E-state index < -0.39 is 5.97 Å².